The summed E-state index contributed by atoms with van der Waals surface area (Å²) in [6.07, 6.45) is 0.345. The highest BCUT2D eigenvalue weighted by molar-refractivity contribution is 8.15. The number of hydrogen-bond acceptors (Lipinski definition) is 6. The second-order valence-corrected chi connectivity index (χ2v) is 8.75. The quantitative estimate of drug-likeness (QED) is 0.645. The highest BCUT2D eigenvalue weighted by Gasteiger charge is 2.15. The largest absolute Gasteiger partial charge is 0.339 e. The van der Waals surface area contributed by atoms with Crippen LogP contribution in [-0.4, -0.2) is 18.6 Å². The van der Waals surface area contributed by atoms with Gasteiger partial charge in [-0.15, -0.1) is 11.3 Å². The molecule has 114 valence electrons. The molecule has 9 heteroatoms. The van der Waals surface area contributed by atoms with Crippen molar-refractivity contribution in [3.63, 3.8) is 0 Å². The van der Waals surface area contributed by atoms with Crippen molar-refractivity contribution < 1.29 is 12.9 Å². The molecule has 0 radical (unpaired) electrons. The molecule has 2 aromatic heterocycles. The highest BCUT2D eigenvalue weighted by Crippen LogP contribution is 2.27. The van der Waals surface area contributed by atoms with Crippen molar-refractivity contribution >= 4 is 42.7 Å². The maximum Gasteiger partial charge on any atom is 0.270 e. The molecule has 0 N–H and O–H groups in total. The van der Waals surface area contributed by atoms with E-state index in [-0.39, 0.29) is 4.21 Å². The number of hydrogen-bond donors (Lipinski definition) is 0. The smallest absolute Gasteiger partial charge is 0.270 e. The molecule has 1 aromatic carbocycles. The summed E-state index contributed by atoms with van der Waals surface area (Å²) in [4.78, 5) is 5.05. The van der Waals surface area contributed by atoms with Crippen molar-refractivity contribution in [1.82, 2.24) is 10.1 Å². The van der Waals surface area contributed by atoms with Crippen molar-refractivity contribution in [2.75, 3.05) is 0 Å². The van der Waals surface area contributed by atoms with Crippen molar-refractivity contribution in [1.29, 1.82) is 0 Å². The van der Waals surface area contributed by atoms with Gasteiger partial charge in [0.15, 0.2) is 0 Å². The van der Waals surface area contributed by atoms with E-state index in [9.17, 15) is 8.42 Å². The standard InChI is InChI=1S/C13H8Cl2N2O3S2/c14-9-3-1-8(2-4-9)13-16-11(20-17-13)7-10-5-6-12(21-10)22(15,18)19/h1-6H,7H2. The zero-order valence-corrected chi connectivity index (χ0v) is 14.0. The van der Waals surface area contributed by atoms with E-state index in [0.29, 0.717) is 23.2 Å². The Morgan fingerprint density at radius 3 is 2.50 bits per heavy atom. The monoisotopic (exact) mass is 374 g/mol. The summed E-state index contributed by atoms with van der Waals surface area (Å²) in [6, 6.07) is 10.2. The van der Waals surface area contributed by atoms with Crippen LogP contribution >= 0.6 is 33.6 Å². The van der Waals surface area contributed by atoms with E-state index in [0.717, 1.165) is 21.8 Å². The van der Waals surface area contributed by atoms with E-state index in [1.54, 1.807) is 30.3 Å². The Labute approximate surface area is 139 Å². The second kappa shape index (κ2) is 6.00. The van der Waals surface area contributed by atoms with Gasteiger partial charge in [-0.1, -0.05) is 16.8 Å². The molecule has 3 rings (SSSR count). The highest BCUT2D eigenvalue weighted by atomic mass is 35.7. The second-order valence-electron chi connectivity index (χ2n) is 4.35. The predicted molar refractivity (Wildman–Crippen MR) is 84.9 cm³/mol. The zero-order chi connectivity index (χ0) is 15.7. The van der Waals surface area contributed by atoms with Crippen LogP contribution in [0.3, 0.4) is 0 Å². The fraction of sp³-hybridized carbons (Fsp3) is 0.0769. The molecule has 0 saturated heterocycles. The fourth-order valence-corrected chi connectivity index (χ4v) is 4.02. The topological polar surface area (TPSA) is 73.1 Å². The summed E-state index contributed by atoms with van der Waals surface area (Å²) in [5.41, 5.74) is 0.787. The van der Waals surface area contributed by atoms with Crippen LogP contribution in [0.5, 0.6) is 0 Å². The van der Waals surface area contributed by atoms with Crippen LogP contribution in [0.15, 0.2) is 45.1 Å². The van der Waals surface area contributed by atoms with E-state index in [1.165, 1.54) is 6.07 Å². The molecule has 0 aliphatic rings. The minimum atomic E-state index is -3.70. The minimum absolute atomic E-state index is 0.0987. The Kier molecular flexibility index (Phi) is 4.22. The van der Waals surface area contributed by atoms with E-state index in [2.05, 4.69) is 10.1 Å². The third kappa shape index (κ3) is 3.49. The summed E-state index contributed by atoms with van der Waals surface area (Å²) in [5, 5.41) is 4.52. The Morgan fingerprint density at radius 1 is 1.14 bits per heavy atom. The van der Waals surface area contributed by atoms with Gasteiger partial charge in [-0.05, 0) is 36.4 Å². The third-order valence-electron chi connectivity index (χ3n) is 2.77. The molecule has 22 heavy (non-hydrogen) atoms. The molecule has 2 heterocycles. The first-order valence-electron chi connectivity index (χ1n) is 6.04. The van der Waals surface area contributed by atoms with Crippen molar-refractivity contribution in [2.45, 2.75) is 10.6 Å². The summed E-state index contributed by atoms with van der Waals surface area (Å²) in [5.74, 6) is 0.846. The predicted octanol–water partition coefficient (Wildman–Crippen LogP) is 3.97. The number of nitrogens with zero attached hydrogens (tertiary/aromatic N) is 2. The molecule has 0 saturated carbocycles. The van der Waals surface area contributed by atoms with Gasteiger partial charge >= 0.3 is 0 Å². The lowest BCUT2D eigenvalue weighted by atomic mass is 10.2. The summed E-state index contributed by atoms with van der Waals surface area (Å²) in [6.45, 7) is 0. The van der Waals surface area contributed by atoms with Gasteiger partial charge < -0.3 is 4.52 Å². The summed E-state index contributed by atoms with van der Waals surface area (Å²) < 4.78 is 27.7. The van der Waals surface area contributed by atoms with E-state index < -0.39 is 9.05 Å². The van der Waals surface area contributed by atoms with Gasteiger partial charge in [0, 0.05) is 26.1 Å². The Morgan fingerprint density at radius 2 is 1.86 bits per heavy atom. The minimum Gasteiger partial charge on any atom is -0.339 e. The molecular weight excluding hydrogens is 367 g/mol. The molecular formula is C13H8Cl2N2O3S2. The van der Waals surface area contributed by atoms with Crippen LogP contribution in [0.1, 0.15) is 10.8 Å². The fourth-order valence-electron chi connectivity index (χ4n) is 1.78. The first kappa shape index (κ1) is 15.5. The lowest BCUT2D eigenvalue weighted by molar-refractivity contribution is 0.386. The maximum atomic E-state index is 11.2. The van der Waals surface area contributed by atoms with Gasteiger partial charge in [-0.3, -0.25) is 0 Å². The summed E-state index contributed by atoms with van der Waals surface area (Å²) >= 11 is 6.90. The number of rotatable bonds is 4. The molecule has 3 aromatic rings. The van der Waals surface area contributed by atoms with Crippen molar-refractivity contribution in [2.24, 2.45) is 0 Å². The average Bonchev–Trinajstić information content (AvgIpc) is 3.09. The van der Waals surface area contributed by atoms with Gasteiger partial charge in [0.25, 0.3) is 9.05 Å². The Balaban J connectivity index is 1.80. The molecule has 0 unspecified atom stereocenters. The van der Waals surface area contributed by atoms with Gasteiger partial charge in [-0.25, -0.2) is 8.42 Å². The Hall–Kier alpha value is -1.41. The third-order valence-corrected chi connectivity index (χ3v) is 6.20. The molecule has 0 aliphatic heterocycles. The number of thiophene rings is 1. The molecule has 0 aliphatic carbocycles. The molecule has 0 spiro atoms. The van der Waals surface area contributed by atoms with Crippen LogP contribution in [0.25, 0.3) is 11.4 Å². The van der Waals surface area contributed by atoms with Gasteiger partial charge in [0.05, 0.1) is 6.42 Å². The molecule has 0 fully saturated rings. The zero-order valence-electron chi connectivity index (χ0n) is 10.9. The van der Waals surface area contributed by atoms with Crippen LogP contribution < -0.4 is 0 Å². The van der Waals surface area contributed by atoms with Crippen LogP contribution in [0.4, 0.5) is 0 Å². The van der Waals surface area contributed by atoms with E-state index in [4.69, 9.17) is 26.8 Å². The van der Waals surface area contributed by atoms with Crippen LogP contribution in [-0.2, 0) is 15.5 Å². The lowest BCUT2D eigenvalue weighted by Crippen LogP contribution is -1.86. The van der Waals surface area contributed by atoms with E-state index in [1.807, 2.05) is 0 Å². The number of halogens is 2. The number of benzene rings is 1. The summed E-state index contributed by atoms with van der Waals surface area (Å²) in [7, 11) is 1.59. The molecule has 0 atom stereocenters. The SMILES string of the molecule is O=S(=O)(Cl)c1ccc(Cc2nc(-c3ccc(Cl)cc3)no2)s1. The first-order valence-corrected chi connectivity index (χ1v) is 9.54. The normalized spacial score (nSPS) is 11.7. The van der Waals surface area contributed by atoms with Crippen molar-refractivity contribution in [3.8, 4) is 11.4 Å². The maximum absolute atomic E-state index is 11.2. The first-order chi connectivity index (χ1) is 10.4. The Bertz CT molecular complexity index is 902. The van der Waals surface area contributed by atoms with E-state index >= 15 is 0 Å². The lowest BCUT2D eigenvalue weighted by Gasteiger charge is -1.93. The van der Waals surface area contributed by atoms with Gasteiger partial charge in [0.1, 0.15) is 4.21 Å². The molecule has 5 nitrogen and oxygen atoms in total. The molecule has 0 amide bonds. The van der Waals surface area contributed by atoms with Gasteiger partial charge in [-0.2, -0.15) is 4.98 Å². The van der Waals surface area contributed by atoms with Gasteiger partial charge in [0.2, 0.25) is 11.7 Å². The number of aromatic nitrogens is 2. The van der Waals surface area contributed by atoms with Crippen molar-refractivity contribution in [3.05, 3.63) is 52.2 Å². The van der Waals surface area contributed by atoms with Crippen LogP contribution in [0.2, 0.25) is 5.02 Å². The van der Waals surface area contributed by atoms with Crippen LogP contribution in [0, 0.1) is 0 Å². The average molecular weight is 375 g/mol. The molecule has 0 bridgehead atoms.